The van der Waals surface area contributed by atoms with Gasteiger partial charge in [0.1, 0.15) is 11.9 Å². The monoisotopic (exact) mass is 469 g/mol. The quantitative estimate of drug-likeness (QED) is 0.487. The van der Waals surface area contributed by atoms with Gasteiger partial charge in [0.15, 0.2) is 0 Å². The number of hydrogen-bond acceptors (Lipinski definition) is 6. The second-order valence-corrected chi connectivity index (χ2v) is 8.87. The van der Waals surface area contributed by atoms with Crippen LogP contribution in [-0.2, 0) is 9.53 Å². The molecule has 0 radical (unpaired) electrons. The summed E-state index contributed by atoms with van der Waals surface area (Å²) in [6.07, 6.45) is 3.05. The van der Waals surface area contributed by atoms with Crippen molar-refractivity contribution in [2.75, 3.05) is 37.0 Å². The van der Waals surface area contributed by atoms with E-state index in [4.69, 9.17) is 10.00 Å². The van der Waals surface area contributed by atoms with Crippen LogP contribution >= 0.6 is 0 Å². The summed E-state index contributed by atoms with van der Waals surface area (Å²) in [5.41, 5.74) is 3.66. The minimum atomic E-state index is -0.528. The van der Waals surface area contributed by atoms with Crippen molar-refractivity contribution in [3.05, 3.63) is 89.6 Å². The van der Waals surface area contributed by atoms with Gasteiger partial charge in [-0.1, -0.05) is 49.4 Å². The number of rotatable bonds is 9. The number of nitriles is 1. The number of carbonyl (C=O) groups is 1. The van der Waals surface area contributed by atoms with E-state index >= 15 is 0 Å². The first-order chi connectivity index (χ1) is 17.1. The van der Waals surface area contributed by atoms with E-state index in [-0.39, 0.29) is 17.9 Å². The summed E-state index contributed by atoms with van der Waals surface area (Å²) in [6, 6.07) is 22.7. The van der Waals surface area contributed by atoms with Crippen molar-refractivity contribution in [1.82, 2.24) is 10.3 Å². The van der Waals surface area contributed by atoms with Crippen LogP contribution in [0, 0.1) is 11.3 Å². The Hall–Kier alpha value is -3.73. The summed E-state index contributed by atoms with van der Waals surface area (Å²) >= 11 is 0. The van der Waals surface area contributed by atoms with E-state index < -0.39 is 6.04 Å². The third-order valence-electron chi connectivity index (χ3n) is 6.47. The second kappa shape index (κ2) is 11.6. The zero-order valence-electron chi connectivity index (χ0n) is 20.1. The third kappa shape index (κ3) is 6.24. The molecule has 1 aliphatic rings. The first-order valence-corrected chi connectivity index (χ1v) is 11.9. The van der Waals surface area contributed by atoms with Crippen LogP contribution in [0.5, 0.6) is 0 Å². The average Bonchev–Trinajstić information content (AvgIpc) is 3.39. The van der Waals surface area contributed by atoms with Crippen molar-refractivity contribution in [3.8, 4) is 6.07 Å². The van der Waals surface area contributed by atoms with Gasteiger partial charge < -0.3 is 20.3 Å². The second-order valence-electron chi connectivity index (χ2n) is 8.87. The van der Waals surface area contributed by atoms with Crippen LogP contribution in [0.15, 0.2) is 72.9 Å². The van der Waals surface area contributed by atoms with Gasteiger partial charge in [-0.2, -0.15) is 5.26 Å². The van der Waals surface area contributed by atoms with Crippen LogP contribution < -0.4 is 15.5 Å². The van der Waals surface area contributed by atoms with Gasteiger partial charge in [-0.05, 0) is 47.7 Å². The molecule has 0 bridgehead atoms. The lowest BCUT2D eigenvalue weighted by Crippen LogP contribution is -2.35. The van der Waals surface area contributed by atoms with E-state index in [0.29, 0.717) is 17.9 Å². The van der Waals surface area contributed by atoms with Crippen molar-refractivity contribution in [1.29, 1.82) is 5.26 Å². The number of hydrogen-bond donors (Lipinski definition) is 2. The molecule has 3 atom stereocenters. The van der Waals surface area contributed by atoms with Gasteiger partial charge in [-0.15, -0.1) is 0 Å². The molecule has 2 aromatic carbocycles. The van der Waals surface area contributed by atoms with Gasteiger partial charge in [0, 0.05) is 26.7 Å². The van der Waals surface area contributed by atoms with E-state index in [9.17, 15) is 4.79 Å². The lowest BCUT2D eigenvalue weighted by atomic mass is 9.98. The topological polar surface area (TPSA) is 90.3 Å². The standard InChI is InChI=1S/C28H31N5O2/c1-20(22-10-8-21(16-29)9-11-22)17-31-27(23-6-4-3-5-7-23)28(34)32-26-13-12-24(18-30-26)33-15-14-25(19-33)35-2/h3-13,18,20,25,27,31H,14-15,17,19H2,1-2H3,(H,30,32,34)/t20-,25-,27+/m1/s1. The summed E-state index contributed by atoms with van der Waals surface area (Å²) in [7, 11) is 1.74. The summed E-state index contributed by atoms with van der Waals surface area (Å²) in [6.45, 7) is 4.48. The number of benzene rings is 2. The zero-order chi connectivity index (χ0) is 24.6. The number of amides is 1. The Labute approximate surface area is 206 Å². The number of pyridine rings is 1. The van der Waals surface area contributed by atoms with Gasteiger partial charge >= 0.3 is 0 Å². The van der Waals surface area contributed by atoms with Crippen LogP contribution in [0.4, 0.5) is 11.5 Å². The molecule has 1 fully saturated rings. The van der Waals surface area contributed by atoms with Gasteiger partial charge in [-0.3, -0.25) is 4.79 Å². The molecule has 180 valence electrons. The van der Waals surface area contributed by atoms with Crippen LogP contribution in [0.3, 0.4) is 0 Å². The maximum absolute atomic E-state index is 13.3. The summed E-state index contributed by atoms with van der Waals surface area (Å²) < 4.78 is 5.45. The first-order valence-electron chi connectivity index (χ1n) is 11.9. The minimum Gasteiger partial charge on any atom is -0.380 e. The van der Waals surface area contributed by atoms with Crippen molar-refractivity contribution in [3.63, 3.8) is 0 Å². The van der Waals surface area contributed by atoms with Crippen molar-refractivity contribution in [2.24, 2.45) is 0 Å². The van der Waals surface area contributed by atoms with Crippen LogP contribution in [-0.4, -0.2) is 43.7 Å². The van der Waals surface area contributed by atoms with Crippen molar-refractivity contribution < 1.29 is 9.53 Å². The van der Waals surface area contributed by atoms with Crippen LogP contribution in [0.2, 0.25) is 0 Å². The Morgan fingerprint density at radius 3 is 2.54 bits per heavy atom. The minimum absolute atomic E-state index is 0.163. The summed E-state index contributed by atoms with van der Waals surface area (Å²) in [4.78, 5) is 20.0. The van der Waals surface area contributed by atoms with E-state index in [0.717, 1.165) is 36.3 Å². The third-order valence-corrected chi connectivity index (χ3v) is 6.47. The fraction of sp³-hybridized carbons (Fsp3) is 0.321. The number of ether oxygens (including phenoxy) is 1. The predicted octanol–water partition coefficient (Wildman–Crippen LogP) is 4.25. The molecule has 0 unspecified atom stereocenters. The smallest absolute Gasteiger partial charge is 0.247 e. The van der Waals surface area contributed by atoms with Gasteiger partial charge in [0.25, 0.3) is 0 Å². The molecule has 0 saturated carbocycles. The number of carbonyl (C=O) groups excluding carboxylic acids is 1. The SMILES string of the molecule is CO[C@@H]1CCN(c2ccc(NC(=O)[C@@H](NC[C@@H](C)c3ccc(C#N)cc3)c3ccccc3)nc2)C1. The summed E-state index contributed by atoms with van der Waals surface area (Å²) in [5, 5.41) is 15.4. The Balaban J connectivity index is 1.42. The molecule has 0 aliphatic carbocycles. The highest BCUT2D eigenvalue weighted by molar-refractivity contribution is 5.94. The maximum Gasteiger partial charge on any atom is 0.247 e. The highest BCUT2D eigenvalue weighted by Crippen LogP contribution is 2.23. The number of anilines is 2. The van der Waals surface area contributed by atoms with Crippen LogP contribution in [0.25, 0.3) is 0 Å². The Morgan fingerprint density at radius 2 is 1.91 bits per heavy atom. The molecule has 0 spiro atoms. The number of methoxy groups -OCH3 is 1. The molecule has 1 aliphatic heterocycles. The Morgan fingerprint density at radius 1 is 1.14 bits per heavy atom. The molecule has 1 saturated heterocycles. The van der Waals surface area contributed by atoms with Crippen LogP contribution in [0.1, 0.15) is 42.0 Å². The lowest BCUT2D eigenvalue weighted by molar-refractivity contribution is -0.118. The fourth-order valence-electron chi connectivity index (χ4n) is 4.31. The Kier molecular flexibility index (Phi) is 8.09. The summed E-state index contributed by atoms with van der Waals surface area (Å²) in [5.74, 6) is 0.517. The van der Waals surface area contributed by atoms with Gasteiger partial charge in [0.05, 0.1) is 29.6 Å². The number of nitrogens with one attached hydrogen (secondary N) is 2. The number of nitrogens with zero attached hydrogens (tertiary/aromatic N) is 3. The fourth-order valence-corrected chi connectivity index (χ4v) is 4.31. The Bertz CT molecular complexity index is 1140. The first kappa shape index (κ1) is 24.4. The molecule has 1 aromatic heterocycles. The maximum atomic E-state index is 13.3. The van der Waals surface area contributed by atoms with E-state index in [1.807, 2.05) is 66.7 Å². The molecule has 7 heteroatoms. The molecular formula is C28H31N5O2. The predicted molar refractivity (Wildman–Crippen MR) is 137 cm³/mol. The van der Waals surface area contributed by atoms with Gasteiger partial charge in [-0.25, -0.2) is 4.98 Å². The molecule has 1 amide bonds. The molecule has 3 aromatic rings. The molecular weight excluding hydrogens is 438 g/mol. The van der Waals surface area contributed by atoms with E-state index in [1.165, 1.54) is 0 Å². The normalized spacial score (nSPS) is 16.9. The largest absolute Gasteiger partial charge is 0.380 e. The zero-order valence-corrected chi connectivity index (χ0v) is 20.1. The van der Waals surface area contributed by atoms with E-state index in [2.05, 4.69) is 33.5 Å². The van der Waals surface area contributed by atoms with Gasteiger partial charge in [0.2, 0.25) is 5.91 Å². The average molecular weight is 470 g/mol. The van der Waals surface area contributed by atoms with Crippen molar-refractivity contribution in [2.45, 2.75) is 31.4 Å². The molecule has 35 heavy (non-hydrogen) atoms. The molecule has 2 N–H and O–H groups in total. The highest BCUT2D eigenvalue weighted by Gasteiger charge is 2.24. The molecule has 4 rings (SSSR count). The van der Waals surface area contributed by atoms with E-state index in [1.54, 1.807) is 13.3 Å². The van der Waals surface area contributed by atoms with Crippen molar-refractivity contribution >= 4 is 17.4 Å². The highest BCUT2D eigenvalue weighted by atomic mass is 16.5. The number of aromatic nitrogens is 1. The molecule has 2 heterocycles. The molecule has 7 nitrogen and oxygen atoms in total. The lowest BCUT2D eigenvalue weighted by Gasteiger charge is -2.22.